The molecular formula is C19H19NO2. The van der Waals surface area contributed by atoms with E-state index in [-0.39, 0.29) is 18.0 Å². The van der Waals surface area contributed by atoms with Crippen molar-refractivity contribution in [2.75, 3.05) is 0 Å². The average Bonchev–Trinajstić information content (AvgIpc) is 2.66. The van der Waals surface area contributed by atoms with Crippen molar-refractivity contribution in [3.8, 4) is 0 Å². The van der Waals surface area contributed by atoms with Crippen molar-refractivity contribution in [1.82, 2.24) is 5.32 Å². The minimum atomic E-state index is -0.252. The standard InChI is InChI=1S/C19H19NO2/c1-2-5-14(6-3-1)18-21-17-16-15-9-11-19(17,22-18)10-8-13(15)7-4-12-20-16/h1-7,12,17-18,20H,8-11H2. The van der Waals surface area contributed by atoms with E-state index in [0.717, 1.165) is 31.2 Å². The van der Waals surface area contributed by atoms with E-state index in [2.05, 4.69) is 29.6 Å². The maximum Gasteiger partial charge on any atom is 0.185 e. The zero-order chi connectivity index (χ0) is 14.6. The summed E-state index contributed by atoms with van der Waals surface area (Å²) in [5, 5.41) is 3.46. The molecule has 1 aromatic rings. The molecule has 3 nitrogen and oxygen atoms in total. The molecule has 1 N–H and O–H groups in total. The molecule has 3 unspecified atom stereocenters. The maximum atomic E-state index is 6.51. The fourth-order valence-corrected chi connectivity index (χ4v) is 4.25. The van der Waals surface area contributed by atoms with Gasteiger partial charge in [0.1, 0.15) is 11.7 Å². The molecule has 6 rings (SSSR count). The topological polar surface area (TPSA) is 30.5 Å². The first kappa shape index (κ1) is 12.7. The summed E-state index contributed by atoms with van der Waals surface area (Å²) in [6.45, 7) is 0. The molecule has 22 heavy (non-hydrogen) atoms. The van der Waals surface area contributed by atoms with Gasteiger partial charge in [-0.05, 0) is 42.9 Å². The Morgan fingerprint density at radius 3 is 2.86 bits per heavy atom. The van der Waals surface area contributed by atoms with Gasteiger partial charge in [-0.1, -0.05) is 36.4 Å². The molecule has 2 aliphatic heterocycles. The highest BCUT2D eigenvalue weighted by Crippen LogP contribution is 2.54. The van der Waals surface area contributed by atoms with E-state index in [4.69, 9.17) is 9.47 Å². The van der Waals surface area contributed by atoms with E-state index in [1.807, 2.05) is 24.4 Å². The molecule has 1 spiro atoms. The number of allylic oxidation sites excluding steroid dienone is 4. The second-order valence-electron chi connectivity index (χ2n) is 6.53. The predicted octanol–water partition coefficient (Wildman–Crippen LogP) is 3.72. The molecule has 2 fully saturated rings. The summed E-state index contributed by atoms with van der Waals surface area (Å²) < 4.78 is 12.9. The molecule has 2 heterocycles. The van der Waals surface area contributed by atoms with E-state index < -0.39 is 0 Å². The van der Waals surface area contributed by atoms with Crippen molar-refractivity contribution >= 4 is 0 Å². The van der Waals surface area contributed by atoms with Gasteiger partial charge in [0, 0.05) is 11.8 Å². The zero-order valence-corrected chi connectivity index (χ0v) is 12.4. The Balaban J connectivity index is 1.58. The molecule has 0 radical (unpaired) electrons. The molecule has 0 aromatic heterocycles. The van der Waals surface area contributed by atoms with Crippen LogP contribution >= 0.6 is 0 Å². The molecule has 1 aromatic carbocycles. The van der Waals surface area contributed by atoms with Crippen LogP contribution in [0.3, 0.4) is 0 Å². The summed E-state index contributed by atoms with van der Waals surface area (Å²) in [6.07, 6.45) is 10.4. The second kappa shape index (κ2) is 4.58. The van der Waals surface area contributed by atoms with Crippen LogP contribution in [0.2, 0.25) is 0 Å². The van der Waals surface area contributed by atoms with Crippen LogP contribution in [0.4, 0.5) is 0 Å². The highest BCUT2D eigenvalue weighted by atomic mass is 16.7. The van der Waals surface area contributed by atoms with Crippen LogP contribution in [0.15, 0.2) is 65.5 Å². The van der Waals surface area contributed by atoms with Crippen LogP contribution < -0.4 is 5.32 Å². The van der Waals surface area contributed by atoms with Crippen LogP contribution in [0.1, 0.15) is 37.5 Å². The Bertz CT molecular complexity index is 703. The van der Waals surface area contributed by atoms with Crippen LogP contribution in [-0.2, 0) is 9.47 Å². The van der Waals surface area contributed by atoms with Crippen LogP contribution in [0.5, 0.6) is 0 Å². The first-order valence-corrected chi connectivity index (χ1v) is 8.10. The van der Waals surface area contributed by atoms with E-state index in [1.54, 1.807) is 0 Å². The van der Waals surface area contributed by atoms with Crippen LogP contribution in [0.25, 0.3) is 0 Å². The lowest BCUT2D eigenvalue weighted by atomic mass is 9.82. The normalized spacial score (nSPS) is 35.5. The van der Waals surface area contributed by atoms with Gasteiger partial charge in [0.05, 0.1) is 5.70 Å². The van der Waals surface area contributed by atoms with Gasteiger partial charge in [-0.3, -0.25) is 0 Å². The lowest BCUT2D eigenvalue weighted by Crippen LogP contribution is -2.45. The van der Waals surface area contributed by atoms with Gasteiger partial charge in [-0.15, -0.1) is 0 Å². The van der Waals surface area contributed by atoms with Gasteiger partial charge in [0.15, 0.2) is 6.29 Å². The SMILES string of the molecule is C1=CNC2=C3CCC4(CCC3=C1)OC(c1ccccc1)OC24. The Kier molecular flexibility index (Phi) is 2.64. The Labute approximate surface area is 130 Å². The predicted molar refractivity (Wildman–Crippen MR) is 83.7 cm³/mol. The van der Waals surface area contributed by atoms with E-state index in [9.17, 15) is 0 Å². The molecule has 1 saturated carbocycles. The van der Waals surface area contributed by atoms with Gasteiger partial charge in [0.25, 0.3) is 0 Å². The van der Waals surface area contributed by atoms with E-state index in [1.165, 1.54) is 16.8 Å². The molecule has 0 amide bonds. The highest BCUT2D eigenvalue weighted by molar-refractivity contribution is 5.47. The van der Waals surface area contributed by atoms with Gasteiger partial charge < -0.3 is 14.8 Å². The van der Waals surface area contributed by atoms with Gasteiger partial charge in [-0.2, -0.15) is 0 Å². The Morgan fingerprint density at radius 1 is 1.09 bits per heavy atom. The number of hydrogen-bond donors (Lipinski definition) is 1. The summed E-state index contributed by atoms with van der Waals surface area (Å²) in [5.74, 6) is 0. The van der Waals surface area contributed by atoms with E-state index in [0.29, 0.717) is 0 Å². The molecular weight excluding hydrogens is 274 g/mol. The minimum absolute atomic E-state index is 0.0232. The molecule has 3 atom stereocenters. The second-order valence-corrected chi connectivity index (χ2v) is 6.53. The number of fused-ring (bicyclic) bond motifs is 2. The van der Waals surface area contributed by atoms with Crippen LogP contribution in [-0.4, -0.2) is 11.7 Å². The van der Waals surface area contributed by atoms with E-state index >= 15 is 0 Å². The van der Waals surface area contributed by atoms with Crippen molar-refractivity contribution in [1.29, 1.82) is 0 Å². The number of rotatable bonds is 1. The van der Waals surface area contributed by atoms with Gasteiger partial charge >= 0.3 is 0 Å². The number of hydrogen-bond acceptors (Lipinski definition) is 3. The van der Waals surface area contributed by atoms with Crippen molar-refractivity contribution in [3.05, 3.63) is 71.1 Å². The summed E-state index contributed by atoms with van der Waals surface area (Å²) in [4.78, 5) is 0. The number of benzene rings is 1. The molecule has 5 aliphatic rings. The minimum Gasteiger partial charge on any atom is -0.363 e. The van der Waals surface area contributed by atoms with Gasteiger partial charge in [0.2, 0.25) is 0 Å². The zero-order valence-electron chi connectivity index (χ0n) is 12.4. The molecule has 1 saturated heterocycles. The highest BCUT2D eigenvalue weighted by Gasteiger charge is 2.55. The first-order chi connectivity index (χ1) is 10.9. The monoisotopic (exact) mass is 293 g/mol. The molecule has 3 aliphatic carbocycles. The van der Waals surface area contributed by atoms with Gasteiger partial charge in [-0.25, -0.2) is 0 Å². The smallest absolute Gasteiger partial charge is 0.185 e. The average molecular weight is 293 g/mol. The lowest BCUT2D eigenvalue weighted by molar-refractivity contribution is -0.0962. The first-order valence-electron chi connectivity index (χ1n) is 8.10. The largest absolute Gasteiger partial charge is 0.363 e. The summed E-state index contributed by atoms with van der Waals surface area (Å²) in [5.41, 5.74) is 5.06. The lowest BCUT2D eigenvalue weighted by Gasteiger charge is -2.35. The summed E-state index contributed by atoms with van der Waals surface area (Å²) in [6, 6.07) is 10.3. The number of nitrogens with one attached hydrogen (secondary N) is 1. The Hall–Kier alpha value is -1.84. The van der Waals surface area contributed by atoms with Crippen molar-refractivity contribution < 1.29 is 9.47 Å². The third-order valence-corrected chi connectivity index (χ3v) is 5.37. The fourth-order valence-electron chi connectivity index (χ4n) is 4.25. The number of ether oxygens (including phenoxy) is 2. The summed E-state index contributed by atoms with van der Waals surface area (Å²) in [7, 11) is 0. The van der Waals surface area contributed by atoms with Crippen molar-refractivity contribution in [3.63, 3.8) is 0 Å². The Morgan fingerprint density at radius 2 is 1.95 bits per heavy atom. The maximum absolute atomic E-state index is 6.51. The fraction of sp³-hybridized carbons (Fsp3) is 0.368. The van der Waals surface area contributed by atoms with Crippen LogP contribution in [0, 0.1) is 0 Å². The molecule has 3 heteroatoms. The summed E-state index contributed by atoms with van der Waals surface area (Å²) >= 11 is 0. The quantitative estimate of drug-likeness (QED) is 0.856. The third kappa shape index (κ3) is 1.70. The molecule has 4 bridgehead atoms. The van der Waals surface area contributed by atoms with Crippen molar-refractivity contribution in [2.24, 2.45) is 0 Å². The third-order valence-electron chi connectivity index (χ3n) is 5.37. The molecule has 112 valence electrons. The van der Waals surface area contributed by atoms with Crippen molar-refractivity contribution in [2.45, 2.75) is 43.7 Å².